The maximum Gasteiger partial charge on any atom is 0.211 e. The average molecular weight is 278 g/mol. The van der Waals surface area contributed by atoms with Crippen molar-refractivity contribution in [2.75, 3.05) is 5.32 Å². The molecule has 0 aromatic heterocycles. The van der Waals surface area contributed by atoms with Gasteiger partial charge in [0.25, 0.3) is 0 Å². The molecule has 0 fully saturated rings. The van der Waals surface area contributed by atoms with E-state index in [1.165, 1.54) is 36.4 Å². The van der Waals surface area contributed by atoms with Gasteiger partial charge in [-0.15, -0.1) is 0 Å². The zero-order valence-corrected chi connectivity index (χ0v) is 10.4. The number of rotatable bonds is 4. The molecule has 3 nitrogen and oxygen atoms in total. The Bertz CT molecular complexity index is 626. The van der Waals surface area contributed by atoms with E-state index in [0.29, 0.717) is 22.7 Å². The first-order valence-electron chi connectivity index (χ1n) is 5.42. The van der Waals surface area contributed by atoms with E-state index in [1.54, 1.807) is 6.07 Å². The minimum Gasteiger partial charge on any atom is -0.328 e. The van der Waals surface area contributed by atoms with E-state index in [4.69, 9.17) is 11.6 Å². The summed E-state index contributed by atoms with van der Waals surface area (Å²) in [6.45, 7) is 0. The molecule has 1 N–H and O–H groups in total. The van der Waals surface area contributed by atoms with Gasteiger partial charge in [-0.25, -0.2) is 4.39 Å². The minimum atomic E-state index is -0.422. The van der Waals surface area contributed by atoms with Crippen LogP contribution < -0.4 is 5.32 Å². The van der Waals surface area contributed by atoms with Gasteiger partial charge in [0.15, 0.2) is 5.78 Å². The molecule has 96 valence electrons. The van der Waals surface area contributed by atoms with Crippen LogP contribution in [-0.4, -0.2) is 12.2 Å². The van der Waals surface area contributed by atoms with Crippen molar-refractivity contribution < 1.29 is 14.0 Å². The van der Waals surface area contributed by atoms with Gasteiger partial charge >= 0.3 is 0 Å². The molecule has 0 atom stereocenters. The van der Waals surface area contributed by atoms with Gasteiger partial charge in [-0.2, -0.15) is 0 Å². The number of carbonyl (C=O) groups is 2. The van der Waals surface area contributed by atoms with Gasteiger partial charge in [0.2, 0.25) is 6.41 Å². The molecule has 0 aliphatic carbocycles. The summed E-state index contributed by atoms with van der Waals surface area (Å²) >= 11 is 5.85. The molecule has 1 amide bonds. The maximum atomic E-state index is 12.8. The van der Waals surface area contributed by atoms with Gasteiger partial charge in [0.05, 0.1) is 5.69 Å². The third-order valence-electron chi connectivity index (χ3n) is 2.55. The van der Waals surface area contributed by atoms with Crippen molar-refractivity contribution in [2.45, 2.75) is 0 Å². The number of nitrogens with one attached hydrogen (secondary N) is 1. The van der Waals surface area contributed by atoms with E-state index in [2.05, 4.69) is 5.32 Å². The monoisotopic (exact) mass is 277 g/mol. The molecule has 0 aliphatic rings. The second-order valence-electron chi connectivity index (χ2n) is 3.79. The summed E-state index contributed by atoms with van der Waals surface area (Å²) in [5, 5.41) is 2.81. The largest absolute Gasteiger partial charge is 0.328 e. The molecular formula is C14H9ClFNO2. The molecule has 0 heterocycles. The van der Waals surface area contributed by atoms with Crippen molar-refractivity contribution >= 4 is 29.5 Å². The van der Waals surface area contributed by atoms with Gasteiger partial charge in [0.1, 0.15) is 5.82 Å². The van der Waals surface area contributed by atoms with E-state index >= 15 is 0 Å². The minimum absolute atomic E-state index is 0.256. The Hall–Kier alpha value is -2.20. The molecule has 19 heavy (non-hydrogen) atoms. The van der Waals surface area contributed by atoms with Crippen molar-refractivity contribution in [2.24, 2.45) is 0 Å². The highest BCUT2D eigenvalue weighted by atomic mass is 35.5. The van der Waals surface area contributed by atoms with Crippen LogP contribution in [0.5, 0.6) is 0 Å². The Kier molecular flexibility index (Phi) is 3.92. The van der Waals surface area contributed by atoms with Crippen LogP contribution >= 0.6 is 11.6 Å². The maximum absolute atomic E-state index is 12.8. The molecule has 5 heteroatoms. The molecular weight excluding hydrogens is 269 g/mol. The summed E-state index contributed by atoms with van der Waals surface area (Å²) in [7, 11) is 0. The summed E-state index contributed by atoms with van der Waals surface area (Å²) in [6.07, 6.45) is 0.477. The number of carbonyl (C=O) groups excluding carboxylic acids is 2. The lowest BCUT2D eigenvalue weighted by Crippen LogP contribution is -2.07. The fraction of sp³-hybridized carbons (Fsp3) is 0. The molecule has 2 aromatic carbocycles. The van der Waals surface area contributed by atoms with Crippen LogP contribution in [0, 0.1) is 5.82 Å². The zero-order valence-electron chi connectivity index (χ0n) is 9.69. The van der Waals surface area contributed by atoms with Crippen molar-refractivity contribution in [3.63, 3.8) is 0 Å². The Balaban J connectivity index is 2.45. The molecule has 0 saturated carbocycles. The van der Waals surface area contributed by atoms with Crippen molar-refractivity contribution in [3.8, 4) is 0 Å². The Labute approximate surface area is 114 Å². The number of halogens is 2. The summed E-state index contributed by atoms with van der Waals surface area (Å²) in [4.78, 5) is 22.8. The topological polar surface area (TPSA) is 46.2 Å². The van der Waals surface area contributed by atoms with E-state index in [-0.39, 0.29) is 11.3 Å². The first-order valence-corrected chi connectivity index (χ1v) is 5.79. The number of amides is 1. The lowest BCUT2D eigenvalue weighted by atomic mass is 10.0. The number of ketones is 1. The SMILES string of the molecule is O=CNc1ccc(Cl)cc1C(=O)c1ccc(F)cc1. The highest BCUT2D eigenvalue weighted by Crippen LogP contribution is 2.23. The van der Waals surface area contributed by atoms with Crippen LogP contribution in [0.4, 0.5) is 10.1 Å². The smallest absolute Gasteiger partial charge is 0.211 e. The average Bonchev–Trinajstić information content (AvgIpc) is 2.41. The Morgan fingerprint density at radius 1 is 1.16 bits per heavy atom. The first-order chi connectivity index (χ1) is 9.11. The van der Waals surface area contributed by atoms with Gasteiger partial charge in [-0.3, -0.25) is 9.59 Å². The summed E-state index contributed by atoms with van der Waals surface area (Å²) in [5.41, 5.74) is 0.928. The summed E-state index contributed by atoms with van der Waals surface area (Å²) in [6, 6.07) is 9.71. The molecule has 0 saturated heterocycles. The lowest BCUT2D eigenvalue weighted by molar-refractivity contribution is -0.105. The second kappa shape index (κ2) is 5.63. The van der Waals surface area contributed by atoms with Crippen LogP contribution in [0.15, 0.2) is 42.5 Å². The fourth-order valence-electron chi connectivity index (χ4n) is 1.65. The Morgan fingerprint density at radius 2 is 1.84 bits per heavy atom. The molecule has 0 spiro atoms. The normalized spacial score (nSPS) is 10.0. The highest BCUT2D eigenvalue weighted by molar-refractivity contribution is 6.31. The van der Waals surface area contributed by atoms with Gasteiger partial charge in [-0.1, -0.05) is 11.6 Å². The van der Waals surface area contributed by atoms with E-state index in [0.717, 1.165) is 0 Å². The lowest BCUT2D eigenvalue weighted by Gasteiger charge is -2.08. The van der Waals surface area contributed by atoms with Crippen LogP contribution in [0.2, 0.25) is 5.02 Å². The van der Waals surface area contributed by atoms with Gasteiger partial charge in [0, 0.05) is 16.1 Å². The van der Waals surface area contributed by atoms with Gasteiger partial charge in [-0.05, 0) is 42.5 Å². The van der Waals surface area contributed by atoms with Crippen LogP contribution in [-0.2, 0) is 4.79 Å². The molecule has 0 radical (unpaired) electrons. The first kappa shape index (κ1) is 13.2. The van der Waals surface area contributed by atoms with E-state index in [1.807, 2.05) is 0 Å². The number of anilines is 1. The van der Waals surface area contributed by atoms with Gasteiger partial charge < -0.3 is 5.32 Å². The predicted molar refractivity (Wildman–Crippen MR) is 71.0 cm³/mol. The summed E-state index contributed by atoms with van der Waals surface area (Å²) in [5.74, 6) is -0.763. The van der Waals surface area contributed by atoms with E-state index < -0.39 is 5.82 Å². The third kappa shape index (κ3) is 2.98. The van der Waals surface area contributed by atoms with Crippen molar-refractivity contribution in [1.29, 1.82) is 0 Å². The second-order valence-corrected chi connectivity index (χ2v) is 4.22. The summed E-state index contributed by atoms with van der Waals surface area (Å²) < 4.78 is 12.8. The van der Waals surface area contributed by atoms with Crippen molar-refractivity contribution in [1.82, 2.24) is 0 Å². The quantitative estimate of drug-likeness (QED) is 0.689. The Morgan fingerprint density at radius 3 is 2.47 bits per heavy atom. The molecule has 0 aliphatic heterocycles. The third-order valence-corrected chi connectivity index (χ3v) is 2.78. The van der Waals surface area contributed by atoms with Crippen LogP contribution in [0.25, 0.3) is 0 Å². The molecule has 0 unspecified atom stereocenters. The predicted octanol–water partition coefficient (Wildman–Crippen LogP) is 3.28. The number of hydrogen-bond acceptors (Lipinski definition) is 2. The van der Waals surface area contributed by atoms with Crippen LogP contribution in [0.1, 0.15) is 15.9 Å². The zero-order chi connectivity index (χ0) is 13.8. The molecule has 2 aromatic rings. The van der Waals surface area contributed by atoms with E-state index in [9.17, 15) is 14.0 Å². The standard InChI is InChI=1S/C14H9ClFNO2/c15-10-3-6-13(17-8-18)12(7-10)14(19)9-1-4-11(16)5-2-9/h1-8H,(H,17,18). The molecule has 2 rings (SSSR count). The number of benzene rings is 2. The fourth-order valence-corrected chi connectivity index (χ4v) is 1.82. The molecule has 0 bridgehead atoms. The number of hydrogen-bond donors (Lipinski definition) is 1. The highest BCUT2D eigenvalue weighted by Gasteiger charge is 2.14. The van der Waals surface area contributed by atoms with Crippen LogP contribution in [0.3, 0.4) is 0 Å². The van der Waals surface area contributed by atoms with Crippen molar-refractivity contribution in [3.05, 3.63) is 64.4 Å².